The van der Waals surface area contributed by atoms with E-state index in [4.69, 9.17) is 18.9 Å². The summed E-state index contributed by atoms with van der Waals surface area (Å²) in [4.78, 5) is 182. The van der Waals surface area contributed by atoms with Gasteiger partial charge in [-0.2, -0.15) is 0 Å². The minimum absolute atomic E-state index is 0.0197. The van der Waals surface area contributed by atoms with Gasteiger partial charge in [0.05, 0.1) is 60.4 Å². The molecule has 1 heterocycles. The number of rotatable bonds is 37. The monoisotopic (exact) mass is 1340 g/mol. The van der Waals surface area contributed by atoms with Gasteiger partial charge in [-0.15, -0.1) is 5.10 Å². The van der Waals surface area contributed by atoms with Crippen LogP contribution in [-0.4, -0.2) is 205 Å². The SMILES string of the molecule is COC(=O)C[C@H](NC(=O)C[C@H](NC(=O)Cn1cc(CNC(=O)[C@H](CCCCNC(=O)[C@H](CCCCNC(=O)OC(C)(C)C)NC(=O)OC(C)(C)C)NC(=O)[C@H](CCCCNC(=O)OC(C)(C)C)NC(=O)OC(C)(C)C)nn1)C(=O)N[C@@H](CC(=O)OC)C(=O)OC)C(=O)OC. The van der Waals surface area contributed by atoms with E-state index < -0.39 is 168 Å². The number of nitrogens with one attached hydrogen (secondary N) is 10. The number of carbonyl (C=O) groups is 14. The summed E-state index contributed by atoms with van der Waals surface area (Å²) in [6, 6.07) is -8.72. The molecule has 532 valence electrons. The van der Waals surface area contributed by atoms with Crippen LogP contribution in [0.1, 0.15) is 166 Å². The smallest absolute Gasteiger partial charge is 0.408 e. The third kappa shape index (κ3) is 38.1. The van der Waals surface area contributed by atoms with Gasteiger partial charge in [-0.3, -0.25) is 38.4 Å². The van der Waals surface area contributed by atoms with E-state index in [0.29, 0.717) is 19.3 Å². The molecule has 0 radical (unpaired) electrons. The first-order valence-corrected chi connectivity index (χ1v) is 30.5. The maximum Gasteiger partial charge on any atom is 0.408 e. The largest absolute Gasteiger partial charge is 0.469 e. The van der Waals surface area contributed by atoms with Crippen molar-refractivity contribution in [3.05, 3.63) is 11.9 Å². The first-order chi connectivity index (χ1) is 43.7. The van der Waals surface area contributed by atoms with Crippen LogP contribution in [0.5, 0.6) is 0 Å². The molecule has 94 heavy (non-hydrogen) atoms. The molecular weight excluding hydrogens is 1240 g/mol. The third-order valence-electron chi connectivity index (χ3n) is 12.2. The number of carbonyl (C=O) groups excluding carboxylic acids is 14. The van der Waals surface area contributed by atoms with Gasteiger partial charge < -0.3 is 91.1 Å². The van der Waals surface area contributed by atoms with E-state index in [-0.39, 0.29) is 70.4 Å². The minimum Gasteiger partial charge on any atom is -0.469 e. The molecule has 0 bridgehead atoms. The first kappa shape index (κ1) is 82.9. The number of hydrogen-bond acceptors (Lipinski definition) is 24. The second kappa shape index (κ2) is 40.8. The number of nitrogens with zero attached hydrogens (tertiary/aromatic N) is 3. The van der Waals surface area contributed by atoms with Gasteiger partial charge >= 0.3 is 48.3 Å². The van der Waals surface area contributed by atoms with Gasteiger partial charge in [0, 0.05) is 19.6 Å². The fraction of sp³-hybridized carbons (Fsp3) is 0.729. The normalized spacial score (nSPS) is 13.3. The van der Waals surface area contributed by atoms with Crippen LogP contribution in [0.3, 0.4) is 0 Å². The van der Waals surface area contributed by atoms with E-state index in [9.17, 15) is 67.1 Å². The number of methoxy groups -OCH3 is 4. The zero-order valence-electron chi connectivity index (χ0n) is 56.9. The van der Waals surface area contributed by atoms with E-state index in [1.54, 1.807) is 83.1 Å². The quantitative estimate of drug-likeness (QED) is 0.0254. The van der Waals surface area contributed by atoms with E-state index in [2.05, 4.69) is 82.4 Å². The van der Waals surface area contributed by atoms with Crippen LogP contribution in [0.15, 0.2) is 6.20 Å². The summed E-state index contributed by atoms with van der Waals surface area (Å²) in [6.07, 6.45) is -2.08. The molecule has 0 saturated heterocycles. The van der Waals surface area contributed by atoms with Crippen molar-refractivity contribution in [3.8, 4) is 0 Å². The van der Waals surface area contributed by atoms with Gasteiger partial charge in [-0.05, 0) is 141 Å². The fourth-order valence-corrected chi connectivity index (χ4v) is 8.02. The Kier molecular flexibility index (Phi) is 36.0. The molecule has 0 aliphatic rings. The first-order valence-electron chi connectivity index (χ1n) is 30.5. The summed E-state index contributed by atoms with van der Waals surface area (Å²) in [6.45, 7) is 19.5. The lowest BCUT2D eigenvalue weighted by Crippen LogP contribution is -2.55. The predicted molar refractivity (Wildman–Crippen MR) is 331 cm³/mol. The predicted octanol–water partition coefficient (Wildman–Crippen LogP) is 1.16. The number of hydrogen-bond donors (Lipinski definition) is 10. The lowest BCUT2D eigenvalue weighted by atomic mass is 10.1. The highest BCUT2D eigenvalue weighted by Crippen LogP contribution is 2.14. The molecule has 0 aliphatic heterocycles. The Morgan fingerprint density at radius 3 is 1.18 bits per heavy atom. The van der Waals surface area contributed by atoms with Gasteiger partial charge in [-0.25, -0.2) is 33.4 Å². The Hall–Kier alpha value is -9.08. The summed E-state index contributed by atoms with van der Waals surface area (Å²) in [5, 5.41) is 33.3. The molecule has 0 aliphatic carbocycles. The van der Waals surface area contributed by atoms with Crippen molar-refractivity contribution in [2.24, 2.45) is 0 Å². The Bertz CT molecular complexity index is 2710. The van der Waals surface area contributed by atoms with Gasteiger partial charge in [-0.1, -0.05) is 5.21 Å². The minimum atomic E-state index is -1.84. The Morgan fingerprint density at radius 2 is 0.755 bits per heavy atom. The molecule has 1 aromatic heterocycles. The van der Waals surface area contributed by atoms with Crippen molar-refractivity contribution in [1.82, 2.24) is 68.2 Å². The molecule has 35 nitrogen and oxygen atoms in total. The summed E-state index contributed by atoms with van der Waals surface area (Å²) < 4.78 is 40.9. The van der Waals surface area contributed by atoms with Gasteiger partial charge in [0.15, 0.2) is 0 Å². The zero-order valence-corrected chi connectivity index (χ0v) is 56.9. The number of amides is 10. The maximum atomic E-state index is 14.2. The average Bonchev–Trinajstić information content (AvgIpc) is 1.29. The van der Waals surface area contributed by atoms with E-state index in [0.717, 1.165) is 33.1 Å². The number of alkyl carbamates (subject to hydrolysis) is 4. The standard InChI is InChI=1S/C59H99N13O22/c1-56(2,3)91-52(83)61-27-21-18-24-37(68-54(85)93-58(7,8)9)46(77)60-26-20-17-23-36(66-48(79)38(69-55(86)94-59(10,11)12)25-19-22-28-62-53(84)92-57(4,5)6)47(78)63-32-35-33-72(71-70-35)34-43(74)64-39(49(80)67-41(51(82)90-16)31-45(76)88-14)29-42(73)65-40(50(81)89-15)30-44(75)87-13/h33,36-41H,17-32,34H2,1-16H3,(H,60,77)(H,61,83)(H,62,84)(H,63,78)(H,64,74)(H,65,73)(H,66,79)(H,67,80)(H,68,85)(H,69,86)/t36-,37-,38-,39-,40-,41-/m0/s1. The van der Waals surface area contributed by atoms with Crippen LogP contribution in [-0.2, 0) is 98.9 Å². The Balaban J connectivity index is 3.51. The number of aromatic nitrogens is 3. The van der Waals surface area contributed by atoms with Crippen LogP contribution in [0.25, 0.3) is 0 Å². The number of esters is 4. The summed E-state index contributed by atoms with van der Waals surface area (Å²) in [5.74, 6) is -9.33. The molecule has 35 heteroatoms. The van der Waals surface area contributed by atoms with Crippen LogP contribution in [0, 0.1) is 0 Å². The van der Waals surface area contributed by atoms with E-state index in [1.807, 2.05) is 0 Å². The van der Waals surface area contributed by atoms with Crippen LogP contribution >= 0.6 is 0 Å². The lowest BCUT2D eigenvalue weighted by molar-refractivity contribution is -0.151. The summed E-state index contributed by atoms with van der Waals surface area (Å²) in [7, 11) is 4.02. The molecule has 10 amide bonds. The molecule has 10 N–H and O–H groups in total. The van der Waals surface area contributed by atoms with Crippen LogP contribution in [0.4, 0.5) is 19.2 Å². The summed E-state index contributed by atoms with van der Waals surface area (Å²) >= 11 is 0. The molecule has 0 fully saturated rings. The Morgan fingerprint density at radius 1 is 0.394 bits per heavy atom. The molecule has 0 unspecified atom stereocenters. The van der Waals surface area contributed by atoms with Crippen molar-refractivity contribution >= 4 is 83.7 Å². The van der Waals surface area contributed by atoms with Crippen molar-refractivity contribution in [2.75, 3.05) is 48.1 Å². The van der Waals surface area contributed by atoms with Crippen LogP contribution in [0.2, 0.25) is 0 Å². The molecule has 6 atom stereocenters. The topological polar surface area (TPSA) is 464 Å². The highest BCUT2D eigenvalue weighted by molar-refractivity contribution is 5.96. The molecule has 0 aromatic carbocycles. The molecule has 0 spiro atoms. The van der Waals surface area contributed by atoms with Crippen molar-refractivity contribution in [3.63, 3.8) is 0 Å². The summed E-state index contributed by atoms with van der Waals surface area (Å²) in [5.41, 5.74) is -3.24. The number of ether oxygens (including phenoxy) is 8. The Labute approximate surface area is 547 Å². The molecule has 0 saturated carbocycles. The van der Waals surface area contributed by atoms with Gasteiger partial charge in [0.2, 0.25) is 35.4 Å². The maximum absolute atomic E-state index is 14.2. The average molecular weight is 1340 g/mol. The fourth-order valence-electron chi connectivity index (χ4n) is 8.02. The third-order valence-corrected chi connectivity index (χ3v) is 12.2. The van der Waals surface area contributed by atoms with Gasteiger partial charge in [0.25, 0.3) is 0 Å². The van der Waals surface area contributed by atoms with Crippen LogP contribution < -0.4 is 53.2 Å². The lowest BCUT2D eigenvalue weighted by Gasteiger charge is -2.25. The van der Waals surface area contributed by atoms with Crippen molar-refractivity contribution < 1.29 is 105 Å². The van der Waals surface area contributed by atoms with Gasteiger partial charge in [0.1, 0.15) is 70.9 Å². The second-order valence-corrected chi connectivity index (χ2v) is 25.3. The van der Waals surface area contributed by atoms with Crippen molar-refractivity contribution in [2.45, 2.75) is 232 Å². The number of unbranched alkanes of at least 4 members (excludes halogenated alkanes) is 3. The highest BCUT2D eigenvalue weighted by Gasteiger charge is 2.34. The van der Waals surface area contributed by atoms with Crippen molar-refractivity contribution in [1.29, 1.82) is 0 Å². The van der Waals surface area contributed by atoms with E-state index in [1.165, 1.54) is 6.20 Å². The molecule has 1 aromatic rings. The second-order valence-electron chi connectivity index (χ2n) is 25.3. The highest BCUT2D eigenvalue weighted by atomic mass is 16.6. The zero-order chi connectivity index (χ0) is 71.6. The molecule has 1 rings (SSSR count). The molecular formula is C59H99N13O22. The van der Waals surface area contributed by atoms with E-state index >= 15 is 0 Å².